The van der Waals surface area contributed by atoms with E-state index in [-0.39, 0.29) is 19.1 Å². The number of likely N-dealkylation sites (tertiary alicyclic amines) is 1. The highest BCUT2D eigenvalue weighted by Gasteiger charge is 2.34. The Morgan fingerprint density at radius 2 is 2.06 bits per heavy atom. The molecule has 1 aliphatic rings. The summed E-state index contributed by atoms with van der Waals surface area (Å²) in [5, 5.41) is 10.5. The van der Waals surface area contributed by atoms with E-state index < -0.39 is 33.7 Å². The first-order chi connectivity index (χ1) is 8.41. The van der Waals surface area contributed by atoms with Crippen LogP contribution in [0, 0.1) is 21.7 Å². The van der Waals surface area contributed by atoms with E-state index in [2.05, 4.69) is 0 Å². The van der Waals surface area contributed by atoms with Crippen LogP contribution in [0.2, 0.25) is 0 Å². The SMILES string of the molecule is NC1CN(C(=O)c2c(F)ccc([N+](=O)[O-])c2F)C1. The summed E-state index contributed by atoms with van der Waals surface area (Å²) in [4.78, 5) is 22.4. The highest BCUT2D eigenvalue weighted by molar-refractivity contribution is 5.96. The molecular formula is C10H9F2N3O3. The minimum atomic E-state index is -1.45. The van der Waals surface area contributed by atoms with E-state index in [0.717, 1.165) is 4.90 Å². The van der Waals surface area contributed by atoms with Crippen LogP contribution in [0.1, 0.15) is 10.4 Å². The average molecular weight is 257 g/mol. The number of nitrogens with zero attached hydrogens (tertiary/aromatic N) is 2. The van der Waals surface area contributed by atoms with Gasteiger partial charge in [0.2, 0.25) is 5.82 Å². The Balaban J connectivity index is 2.40. The molecule has 0 spiro atoms. The van der Waals surface area contributed by atoms with Gasteiger partial charge in [-0.3, -0.25) is 14.9 Å². The molecule has 1 aliphatic heterocycles. The second-order valence-corrected chi connectivity index (χ2v) is 3.98. The van der Waals surface area contributed by atoms with Crippen LogP contribution in [0.15, 0.2) is 12.1 Å². The summed E-state index contributed by atoms with van der Waals surface area (Å²) >= 11 is 0. The number of carbonyl (C=O) groups excluding carboxylic acids is 1. The fourth-order valence-corrected chi connectivity index (χ4v) is 1.72. The molecule has 0 aliphatic carbocycles. The second kappa shape index (κ2) is 4.30. The van der Waals surface area contributed by atoms with Crippen molar-refractivity contribution in [3.05, 3.63) is 39.4 Å². The molecule has 0 radical (unpaired) electrons. The molecule has 1 aromatic carbocycles. The van der Waals surface area contributed by atoms with Crippen LogP contribution in [0.4, 0.5) is 14.5 Å². The van der Waals surface area contributed by atoms with Gasteiger partial charge < -0.3 is 10.6 Å². The van der Waals surface area contributed by atoms with Crippen molar-refractivity contribution < 1.29 is 18.5 Å². The fourth-order valence-electron chi connectivity index (χ4n) is 1.72. The van der Waals surface area contributed by atoms with Crippen LogP contribution in [-0.4, -0.2) is 34.9 Å². The second-order valence-electron chi connectivity index (χ2n) is 3.98. The summed E-state index contributed by atoms with van der Waals surface area (Å²) < 4.78 is 27.1. The lowest BCUT2D eigenvalue weighted by Crippen LogP contribution is -2.58. The quantitative estimate of drug-likeness (QED) is 0.622. The first-order valence-electron chi connectivity index (χ1n) is 5.09. The van der Waals surface area contributed by atoms with Crippen LogP contribution >= 0.6 is 0 Å². The van der Waals surface area contributed by atoms with Crippen molar-refractivity contribution in [2.45, 2.75) is 6.04 Å². The number of hydrogen-bond acceptors (Lipinski definition) is 4. The lowest BCUT2D eigenvalue weighted by atomic mass is 10.1. The molecule has 1 amide bonds. The Kier molecular flexibility index (Phi) is 2.95. The molecule has 1 aromatic rings. The zero-order valence-corrected chi connectivity index (χ0v) is 9.10. The van der Waals surface area contributed by atoms with Gasteiger partial charge in [-0.1, -0.05) is 0 Å². The molecule has 1 fully saturated rings. The molecule has 18 heavy (non-hydrogen) atoms. The van der Waals surface area contributed by atoms with Crippen LogP contribution in [0.5, 0.6) is 0 Å². The standard InChI is InChI=1S/C10H9F2N3O3/c11-6-1-2-7(15(17)18)9(12)8(6)10(16)14-3-5(13)4-14/h1-2,5H,3-4,13H2. The van der Waals surface area contributed by atoms with Crippen LogP contribution < -0.4 is 5.73 Å². The van der Waals surface area contributed by atoms with E-state index in [1.54, 1.807) is 0 Å². The maximum Gasteiger partial charge on any atom is 0.305 e. The number of halogens is 2. The number of nitro benzene ring substituents is 1. The number of hydrogen-bond donors (Lipinski definition) is 1. The Bertz CT molecular complexity index is 529. The molecular weight excluding hydrogens is 248 g/mol. The zero-order chi connectivity index (χ0) is 13.4. The lowest BCUT2D eigenvalue weighted by molar-refractivity contribution is -0.387. The predicted octanol–water partition coefficient (Wildman–Crippen LogP) is 0.656. The van der Waals surface area contributed by atoms with Gasteiger partial charge >= 0.3 is 5.69 Å². The van der Waals surface area contributed by atoms with Crippen LogP contribution in [-0.2, 0) is 0 Å². The van der Waals surface area contributed by atoms with Crippen molar-refractivity contribution in [3.8, 4) is 0 Å². The number of nitrogens with two attached hydrogens (primary N) is 1. The van der Waals surface area contributed by atoms with E-state index >= 15 is 0 Å². The molecule has 1 heterocycles. The van der Waals surface area contributed by atoms with Gasteiger partial charge in [-0.15, -0.1) is 0 Å². The van der Waals surface area contributed by atoms with Crippen molar-refractivity contribution in [2.75, 3.05) is 13.1 Å². The molecule has 0 atom stereocenters. The van der Waals surface area contributed by atoms with E-state index in [1.807, 2.05) is 0 Å². The highest BCUT2D eigenvalue weighted by Crippen LogP contribution is 2.25. The largest absolute Gasteiger partial charge is 0.335 e. The summed E-state index contributed by atoms with van der Waals surface area (Å²) in [7, 11) is 0. The molecule has 8 heteroatoms. The number of nitro groups is 1. The van der Waals surface area contributed by atoms with Crippen LogP contribution in [0.3, 0.4) is 0 Å². The van der Waals surface area contributed by atoms with Gasteiger partial charge in [0.15, 0.2) is 0 Å². The normalized spacial score (nSPS) is 15.4. The molecule has 2 rings (SSSR count). The minimum absolute atomic E-state index is 0.181. The zero-order valence-electron chi connectivity index (χ0n) is 9.10. The van der Waals surface area contributed by atoms with Crippen molar-refractivity contribution >= 4 is 11.6 Å². The molecule has 96 valence electrons. The highest BCUT2D eigenvalue weighted by atomic mass is 19.1. The van der Waals surface area contributed by atoms with Gasteiger partial charge in [-0.05, 0) is 6.07 Å². The third-order valence-electron chi connectivity index (χ3n) is 2.68. The number of benzene rings is 1. The van der Waals surface area contributed by atoms with Gasteiger partial charge in [0.25, 0.3) is 5.91 Å². The summed E-state index contributed by atoms with van der Waals surface area (Å²) in [6.45, 7) is 0.362. The summed E-state index contributed by atoms with van der Waals surface area (Å²) in [6, 6.07) is 1.16. The first-order valence-corrected chi connectivity index (χ1v) is 5.09. The maximum atomic E-state index is 13.7. The molecule has 6 nitrogen and oxygen atoms in total. The maximum absolute atomic E-state index is 13.7. The average Bonchev–Trinajstić information content (AvgIpc) is 2.24. The van der Waals surface area contributed by atoms with Crippen LogP contribution in [0.25, 0.3) is 0 Å². The van der Waals surface area contributed by atoms with Crippen molar-refractivity contribution in [1.29, 1.82) is 0 Å². The molecule has 0 aromatic heterocycles. The molecule has 0 saturated carbocycles. The molecule has 2 N–H and O–H groups in total. The Morgan fingerprint density at radius 3 is 2.56 bits per heavy atom. The first kappa shape index (κ1) is 12.4. The fraction of sp³-hybridized carbons (Fsp3) is 0.300. The van der Waals surface area contributed by atoms with E-state index in [1.165, 1.54) is 0 Å². The van der Waals surface area contributed by atoms with Gasteiger partial charge in [-0.25, -0.2) is 4.39 Å². The number of carbonyl (C=O) groups is 1. The molecule has 0 bridgehead atoms. The van der Waals surface area contributed by atoms with Gasteiger partial charge in [0, 0.05) is 25.2 Å². The third kappa shape index (κ3) is 1.90. The van der Waals surface area contributed by atoms with E-state index in [4.69, 9.17) is 5.73 Å². The van der Waals surface area contributed by atoms with Gasteiger partial charge in [0.05, 0.1) is 4.92 Å². The summed E-state index contributed by atoms with van der Waals surface area (Å²) in [5.41, 5.74) is 3.62. The summed E-state index contributed by atoms with van der Waals surface area (Å²) in [6.07, 6.45) is 0. The number of amides is 1. The Hall–Kier alpha value is -2.09. The van der Waals surface area contributed by atoms with E-state index in [0.29, 0.717) is 12.1 Å². The topological polar surface area (TPSA) is 89.5 Å². The van der Waals surface area contributed by atoms with Crippen molar-refractivity contribution in [2.24, 2.45) is 5.73 Å². The van der Waals surface area contributed by atoms with Gasteiger partial charge in [-0.2, -0.15) is 4.39 Å². The Labute approximate surface area is 100 Å². The smallest absolute Gasteiger partial charge is 0.305 e. The van der Waals surface area contributed by atoms with E-state index in [9.17, 15) is 23.7 Å². The molecule has 1 saturated heterocycles. The number of rotatable bonds is 2. The lowest BCUT2D eigenvalue weighted by Gasteiger charge is -2.36. The van der Waals surface area contributed by atoms with Crippen molar-refractivity contribution in [1.82, 2.24) is 4.90 Å². The summed E-state index contributed by atoms with van der Waals surface area (Å²) in [5.74, 6) is -3.50. The Morgan fingerprint density at radius 1 is 1.44 bits per heavy atom. The molecule has 0 unspecified atom stereocenters. The third-order valence-corrected chi connectivity index (χ3v) is 2.68. The van der Waals surface area contributed by atoms with Gasteiger partial charge in [0.1, 0.15) is 11.4 Å². The predicted molar refractivity (Wildman–Crippen MR) is 56.9 cm³/mol. The monoisotopic (exact) mass is 257 g/mol. The minimum Gasteiger partial charge on any atom is -0.335 e. The van der Waals surface area contributed by atoms with Crippen molar-refractivity contribution in [3.63, 3.8) is 0 Å².